The SMILES string of the molecule is COC(=O)c1cc2c(cc1N)C1(CN(C)C(=O)O1)C(=O)N2C. The zero-order valence-corrected chi connectivity index (χ0v) is 12.4. The maximum Gasteiger partial charge on any atom is 0.411 e. The van der Waals surface area contributed by atoms with E-state index in [9.17, 15) is 14.4 Å². The average molecular weight is 305 g/mol. The molecule has 1 unspecified atom stereocenters. The predicted octanol–water partition coefficient (Wildman–Crippen LogP) is 0.309. The first-order valence-corrected chi connectivity index (χ1v) is 6.56. The number of carbonyl (C=O) groups is 3. The third-order valence-corrected chi connectivity index (χ3v) is 4.05. The number of nitrogens with zero attached hydrogens (tertiary/aromatic N) is 2. The molecular weight excluding hydrogens is 290 g/mol. The van der Waals surface area contributed by atoms with Crippen molar-refractivity contribution in [3.8, 4) is 0 Å². The predicted molar refractivity (Wildman–Crippen MR) is 76.4 cm³/mol. The van der Waals surface area contributed by atoms with E-state index in [2.05, 4.69) is 4.74 Å². The van der Waals surface area contributed by atoms with E-state index in [4.69, 9.17) is 10.5 Å². The number of likely N-dealkylation sites (N-methyl/N-ethyl adjacent to an activating group) is 2. The molecule has 0 radical (unpaired) electrons. The second-order valence-corrected chi connectivity index (χ2v) is 5.36. The lowest BCUT2D eigenvalue weighted by atomic mass is 9.93. The molecular formula is C14H15N3O5. The summed E-state index contributed by atoms with van der Waals surface area (Å²) in [5.74, 6) is -0.968. The fourth-order valence-electron chi connectivity index (χ4n) is 2.90. The standard InChI is InChI=1S/C14H15N3O5/c1-16-6-14(22-13(16)20)8-5-9(15)7(11(18)21-3)4-10(8)17(2)12(14)19/h4-5H,6,15H2,1-3H3. The van der Waals surface area contributed by atoms with Crippen molar-refractivity contribution in [3.63, 3.8) is 0 Å². The largest absolute Gasteiger partial charge is 0.465 e. The van der Waals surface area contributed by atoms with Crippen LogP contribution in [0.15, 0.2) is 12.1 Å². The summed E-state index contributed by atoms with van der Waals surface area (Å²) >= 11 is 0. The van der Waals surface area contributed by atoms with Crippen molar-refractivity contribution in [1.29, 1.82) is 0 Å². The Bertz CT molecular complexity index is 717. The van der Waals surface area contributed by atoms with Gasteiger partial charge in [0, 0.05) is 25.3 Å². The summed E-state index contributed by atoms with van der Waals surface area (Å²) in [5.41, 5.74) is 5.77. The second kappa shape index (κ2) is 4.36. The summed E-state index contributed by atoms with van der Waals surface area (Å²) in [4.78, 5) is 38.8. The monoisotopic (exact) mass is 305 g/mol. The number of benzene rings is 1. The van der Waals surface area contributed by atoms with Crippen LogP contribution in [-0.2, 0) is 19.9 Å². The molecule has 1 atom stereocenters. The highest BCUT2D eigenvalue weighted by atomic mass is 16.6. The topological polar surface area (TPSA) is 102 Å². The maximum atomic E-state index is 12.6. The summed E-state index contributed by atoms with van der Waals surface area (Å²) in [6.45, 7) is 0.0962. The van der Waals surface area contributed by atoms with Gasteiger partial charge < -0.3 is 25.0 Å². The van der Waals surface area contributed by atoms with Crippen molar-refractivity contribution in [1.82, 2.24) is 4.90 Å². The fourth-order valence-corrected chi connectivity index (χ4v) is 2.90. The van der Waals surface area contributed by atoms with Gasteiger partial charge in [-0.2, -0.15) is 0 Å². The highest BCUT2D eigenvalue weighted by Crippen LogP contribution is 2.47. The number of ether oxygens (including phenoxy) is 2. The van der Waals surface area contributed by atoms with Gasteiger partial charge in [-0.1, -0.05) is 0 Å². The number of amides is 2. The number of carbonyl (C=O) groups excluding carboxylic acids is 3. The molecule has 2 aliphatic rings. The van der Waals surface area contributed by atoms with Crippen LogP contribution in [0.2, 0.25) is 0 Å². The summed E-state index contributed by atoms with van der Waals surface area (Å²) in [5, 5.41) is 0. The van der Waals surface area contributed by atoms with E-state index in [1.807, 2.05) is 0 Å². The van der Waals surface area contributed by atoms with Crippen LogP contribution in [0, 0.1) is 0 Å². The molecule has 1 aromatic carbocycles. The molecule has 1 aromatic rings. The molecule has 2 heterocycles. The molecule has 0 aliphatic carbocycles. The van der Waals surface area contributed by atoms with Crippen LogP contribution in [0.5, 0.6) is 0 Å². The van der Waals surface area contributed by atoms with E-state index in [1.54, 1.807) is 14.1 Å². The zero-order valence-electron chi connectivity index (χ0n) is 12.4. The van der Waals surface area contributed by atoms with E-state index in [-0.39, 0.29) is 23.7 Å². The number of rotatable bonds is 1. The van der Waals surface area contributed by atoms with Crippen LogP contribution in [-0.4, -0.2) is 50.6 Å². The van der Waals surface area contributed by atoms with Gasteiger partial charge in [-0.3, -0.25) is 4.79 Å². The van der Waals surface area contributed by atoms with Crippen molar-refractivity contribution in [2.75, 3.05) is 38.4 Å². The van der Waals surface area contributed by atoms with Crippen molar-refractivity contribution in [2.24, 2.45) is 0 Å². The summed E-state index contributed by atoms with van der Waals surface area (Å²) in [7, 11) is 4.35. The Morgan fingerprint density at radius 3 is 2.59 bits per heavy atom. The van der Waals surface area contributed by atoms with E-state index in [0.717, 1.165) is 0 Å². The third-order valence-electron chi connectivity index (χ3n) is 4.05. The minimum atomic E-state index is -1.40. The first kappa shape index (κ1) is 14.2. The quantitative estimate of drug-likeness (QED) is 0.592. The van der Waals surface area contributed by atoms with Gasteiger partial charge in [-0.15, -0.1) is 0 Å². The molecule has 8 nitrogen and oxygen atoms in total. The molecule has 8 heteroatoms. The van der Waals surface area contributed by atoms with Crippen LogP contribution in [0.3, 0.4) is 0 Å². The Hall–Kier alpha value is -2.77. The van der Waals surface area contributed by atoms with Crippen LogP contribution in [0.25, 0.3) is 0 Å². The minimum Gasteiger partial charge on any atom is -0.465 e. The Morgan fingerprint density at radius 1 is 1.36 bits per heavy atom. The molecule has 3 rings (SSSR count). The van der Waals surface area contributed by atoms with Crippen molar-refractivity contribution < 1.29 is 23.9 Å². The van der Waals surface area contributed by atoms with Crippen LogP contribution in [0.1, 0.15) is 15.9 Å². The molecule has 0 saturated carbocycles. The number of hydrogen-bond donors (Lipinski definition) is 1. The number of anilines is 2. The molecule has 1 saturated heterocycles. The molecule has 0 bridgehead atoms. The van der Waals surface area contributed by atoms with Gasteiger partial charge in [0.05, 0.1) is 24.9 Å². The smallest absolute Gasteiger partial charge is 0.411 e. The summed E-state index contributed by atoms with van der Waals surface area (Å²) in [6.07, 6.45) is -0.579. The van der Waals surface area contributed by atoms with Gasteiger partial charge in [0.2, 0.25) is 5.60 Å². The molecule has 2 amide bonds. The van der Waals surface area contributed by atoms with Gasteiger partial charge in [-0.05, 0) is 12.1 Å². The van der Waals surface area contributed by atoms with Crippen LogP contribution >= 0.6 is 0 Å². The third kappa shape index (κ3) is 1.60. The number of fused-ring (bicyclic) bond motifs is 2. The number of nitrogen functional groups attached to an aromatic ring is 1. The van der Waals surface area contributed by atoms with Gasteiger partial charge in [-0.25, -0.2) is 9.59 Å². The van der Waals surface area contributed by atoms with Gasteiger partial charge in [0.1, 0.15) is 0 Å². The number of hydrogen-bond acceptors (Lipinski definition) is 6. The van der Waals surface area contributed by atoms with E-state index in [0.29, 0.717) is 11.3 Å². The van der Waals surface area contributed by atoms with E-state index < -0.39 is 17.7 Å². The first-order valence-electron chi connectivity index (χ1n) is 6.56. The highest BCUT2D eigenvalue weighted by molar-refractivity contribution is 6.10. The average Bonchev–Trinajstić information content (AvgIpc) is 2.89. The Kier molecular flexibility index (Phi) is 2.81. The lowest BCUT2D eigenvalue weighted by Crippen LogP contribution is -2.41. The molecule has 116 valence electrons. The summed E-state index contributed by atoms with van der Waals surface area (Å²) < 4.78 is 10.0. The van der Waals surface area contributed by atoms with Crippen molar-refractivity contribution in [2.45, 2.75) is 5.60 Å². The highest BCUT2D eigenvalue weighted by Gasteiger charge is 2.58. The second-order valence-electron chi connectivity index (χ2n) is 5.36. The molecule has 1 spiro atoms. The Labute approximate surface area is 126 Å². The molecule has 22 heavy (non-hydrogen) atoms. The Balaban J connectivity index is 2.19. The Morgan fingerprint density at radius 2 is 2.05 bits per heavy atom. The molecule has 1 fully saturated rings. The van der Waals surface area contributed by atoms with Gasteiger partial charge in [0.25, 0.3) is 5.91 Å². The lowest BCUT2D eigenvalue weighted by molar-refractivity contribution is -0.132. The fraction of sp³-hybridized carbons (Fsp3) is 0.357. The molecule has 2 aliphatic heterocycles. The molecule has 0 aromatic heterocycles. The summed E-state index contributed by atoms with van der Waals surface area (Å²) in [6, 6.07) is 2.98. The number of nitrogens with two attached hydrogens (primary N) is 1. The minimum absolute atomic E-state index is 0.0962. The number of esters is 1. The lowest BCUT2D eigenvalue weighted by Gasteiger charge is -2.19. The van der Waals surface area contributed by atoms with Gasteiger partial charge in [0.15, 0.2) is 0 Å². The normalized spacial score (nSPS) is 23.0. The first-order chi connectivity index (χ1) is 10.3. The maximum absolute atomic E-state index is 12.6. The van der Waals surface area contributed by atoms with Crippen molar-refractivity contribution >= 4 is 29.3 Å². The van der Waals surface area contributed by atoms with Crippen LogP contribution in [0.4, 0.5) is 16.2 Å². The van der Waals surface area contributed by atoms with Crippen LogP contribution < -0.4 is 10.6 Å². The van der Waals surface area contributed by atoms with Gasteiger partial charge >= 0.3 is 12.1 Å². The van der Waals surface area contributed by atoms with E-state index in [1.165, 1.54) is 29.0 Å². The zero-order chi connectivity index (χ0) is 16.2. The van der Waals surface area contributed by atoms with Crippen molar-refractivity contribution in [3.05, 3.63) is 23.3 Å². The number of methoxy groups -OCH3 is 1. The van der Waals surface area contributed by atoms with E-state index >= 15 is 0 Å². The molecule has 2 N–H and O–H groups in total.